The minimum Gasteiger partial charge on any atom is -0.497 e. The monoisotopic (exact) mass is 314 g/mol. The van der Waals surface area contributed by atoms with E-state index >= 15 is 0 Å². The average molecular weight is 314 g/mol. The number of anilines is 1. The molecule has 1 aliphatic heterocycles. The van der Waals surface area contributed by atoms with Crippen molar-refractivity contribution in [2.45, 2.75) is 18.9 Å². The molecule has 0 amide bonds. The first-order valence-corrected chi connectivity index (χ1v) is 8.59. The van der Waals surface area contributed by atoms with Gasteiger partial charge in [0.15, 0.2) is 0 Å². The number of thiocarbonyl (C=S) groups is 1. The van der Waals surface area contributed by atoms with E-state index in [0.717, 1.165) is 11.3 Å². The molecule has 0 saturated carbocycles. The van der Waals surface area contributed by atoms with Crippen LogP contribution in [0.5, 0.6) is 5.75 Å². The zero-order valence-electron chi connectivity index (χ0n) is 11.3. The van der Waals surface area contributed by atoms with Gasteiger partial charge in [-0.05, 0) is 25.0 Å². The van der Waals surface area contributed by atoms with Gasteiger partial charge in [0.1, 0.15) is 20.6 Å². The Morgan fingerprint density at radius 2 is 2.05 bits per heavy atom. The van der Waals surface area contributed by atoms with Gasteiger partial charge >= 0.3 is 0 Å². The van der Waals surface area contributed by atoms with Crippen LogP contribution in [0.25, 0.3) is 0 Å². The Morgan fingerprint density at radius 1 is 1.40 bits per heavy atom. The van der Waals surface area contributed by atoms with E-state index in [1.54, 1.807) is 13.2 Å². The molecule has 0 spiro atoms. The van der Waals surface area contributed by atoms with E-state index in [0.29, 0.717) is 23.6 Å². The van der Waals surface area contributed by atoms with Gasteiger partial charge in [0, 0.05) is 23.4 Å². The second-order valence-corrected chi connectivity index (χ2v) is 7.59. The largest absolute Gasteiger partial charge is 0.497 e. The van der Waals surface area contributed by atoms with Crippen molar-refractivity contribution in [2.75, 3.05) is 23.9 Å². The molecule has 1 fully saturated rings. The molecule has 0 atom stereocenters. The standard InChI is InChI=1S/C13H18N2O3S2/c1-18-10-2-3-11(13(14)19)12(8-10)15-9-4-6-20(16,17)7-5-9/h2-3,8-9,15H,4-7H2,1H3,(H2,14,19). The van der Waals surface area contributed by atoms with E-state index in [9.17, 15) is 8.42 Å². The van der Waals surface area contributed by atoms with E-state index in [1.165, 1.54) is 0 Å². The van der Waals surface area contributed by atoms with Crippen molar-refractivity contribution < 1.29 is 13.2 Å². The Morgan fingerprint density at radius 3 is 2.60 bits per heavy atom. The molecule has 0 bridgehead atoms. The van der Waals surface area contributed by atoms with Crippen LogP contribution in [0.3, 0.4) is 0 Å². The molecule has 1 aromatic carbocycles. The second-order valence-electron chi connectivity index (χ2n) is 4.85. The van der Waals surface area contributed by atoms with Crippen LogP contribution in [-0.4, -0.2) is 38.1 Å². The number of hydrogen-bond acceptors (Lipinski definition) is 5. The van der Waals surface area contributed by atoms with Gasteiger partial charge in [0.25, 0.3) is 0 Å². The van der Waals surface area contributed by atoms with Gasteiger partial charge in [-0.25, -0.2) is 8.42 Å². The van der Waals surface area contributed by atoms with Crippen LogP contribution in [0, 0.1) is 0 Å². The molecular formula is C13H18N2O3S2. The normalized spacial score (nSPS) is 18.4. The Hall–Kier alpha value is -1.34. The summed E-state index contributed by atoms with van der Waals surface area (Å²) in [6.45, 7) is 0. The van der Waals surface area contributed by atoms with Gasteiger partial charge in [-0.2, -0.15) is 0 Å². The number of rotatable bonds is 4. The molecule has 0 unspecified atom stereocenters. The third-order valence-corrected chi connectivity index (χ3v) is 5.34. The number of sulfone groups is 1. The highest BCUT2D eigenvalue weighted by Crippen LogP contribution is 2.25. The lowest BCUT2D eigenvalue weighted by molar-refractivity contribution is 0.415. The van der Waals surface area contributed by atoms with Crippen molar-refractivity contribution in [3.63, 3.8) is 0 Å². The molecule has 2 rings (SSSR count). The van der Waals surface area contributed by atoms with E-state index in [-0.39, 0.29) is 17.5 Å². The smallest absolute Gasteiger partial charge is 0.150 e. The van der Waals surface area contributed by atoms with Crippen LogP contribution >= 0.6 is 12.2 Å². The van der Waals surface area contributed by atoms with E-state index in [2.05, 4.69) is 5.32 Å². The predicted molar refractivity (Wildman–Crippen MR) is 84.2 cm³/mol. The summed E-state index contributed by atoms with van der Waals surface area (Å²) in [6, 6.07) is 5.55. The number of nitrogens with one attached hydrogen (secondary N) is 1. The van der Waals surface area contributed by atoms with Crippen LogP contribution in [0.15, 0.2) is 18.2 Å². The van der Waals surface area contributed by atoms with Gasteiger partial charge in [-0.3, -0.25) is 0 Å². The van der Waals surface area contributed by atoms with Crippen molar-refractivity contribution in [2.24, 2.45) is 5.73 Å². The number of ether oxygens (including phenoxy) is 1. The molecule has 1 heterocycles. The Labute approximate surface area is 124 Å². The minimum absolute atomic E-state index is 0.110. The molecule has 1 aliphatic rings. The van der Waals surface area contributed by atoms with E-state index in [1.807, 2.05) is 12.1 Å². The Bertz CT molecular complexity index is 600. The highest BCUT2D eigenvalue weighted by Gasteiger charge is 2.24. The van der Waals surface area contributed by atoms with Crippen LogP contribution in [0.1, 0.15) is 18.4 Å². The molecule has 110 valence electrons. The zero-order valence-corrected chi connectivity index (χ0v) is 12.9. The Balaban J connectivity index is 2.17. The number of nitrogens with two attached hydrogens (primary N) is 1. The third-order valence-electron chi connectivity index (χ3n) is 3.41. The summed E-state index contributed by atoms with van der Waals surface area (Å²) < 4.78 is 28.1. The van der Waals surface area contributed by atoms with Crippen LogP contribution < -0.4 is 15.8 Å². The minimum atomic E-state index is -2.86. The lowest BCUT2D eigenvalue weighted by atomic mass is 10.1. The summed E-state index contributed by atoms with van der Waals surface area (Å²) in [5, 5.41) is 3.33. The fraction of sp³-hybridized carbons (Fsp3) is 0.462. The number of methoxy groups -OCH3 is 1. The molecule has 0 radical (unpaired) electrons. The number of benzene rings is 1. The second kappa shape index (κ2) is 5.97. The molecule has 0 aromatic heterocycles. The third kappa shape index (κ3) is 3.61. The molecule has 3 N–H and O–H groups in total. The van der Waals surface area contributed by atoms with Gasteiger partial charge in [0.05, 0.1) is 18.6 Å². The Kier molecular flexibility index (Phi) is 4.49. The van der Waals surface area contributed by atoms with Gasteiger partial charge in [0.2, 0.25) is 0 Å². The first-order chi connectivity index (χ1) is 9.41. The molecular weight excluding hydrogens is 296 g/mol. The quantitative estimate of drug-likeness (QED) is 0.816. The lowest BCUT2D eigenvalue weighted by Gasteiger charge is -2.25. The molecule has 0 aliphatic carbocycles. The maximum Gasteiger partial charge on any atom is 0.150 e. The predicted octanol–water partition coefficient (Wildman–Crippen LogP) is 1.32. The van der Waals surface area contributed by atoms with E-state index in [4.69, 9.17) is 22.7 Å². The lowest BCUT2D eigenvalue weighted by Crippen LogP contribution is -2.32. The van der Waals surface area contributed by atoms with Gasteiger partial charge in [-0.1, -0.05) is 12.2 Å². The first kappa shape index (κ1) is 15.1. The fourth-order valence-electron chi connectivity index (χ4n) is 2.24. The zero-order chi connectivity index (χ0) is 14.8. The SMILES string of the molecule is COc1ccc(C(N)=S)c(NC2CCS(=O)(=O)CC2)c1. The summed E-state index contributed by atoms with van der Waals surface area (Å²) in [7, 11) is -1.27. The first-order valence-electron chi connectivity index (χ1n) is 6.36. The molecule has 1 saturated heterocycles. The van der Waals surface area contributed by atoms with Gasteiger partial charge < -0.3 is 15.8 Å². The van der Waals surface area contributed by atoms with Crippen molar-refractivity contribution in [1.82, 2.24) is 0 Å². The van der Waals surface area contributed by atoms with Crippen molar-refractivity contribution in [3.8, 4) is 5.75 Å². The summed E-state index contributed by atoms with van der Waals surface area (Å²) in [5.41, 5.74) is 7.25. The maximum absolute atomic E-state index is 11.4. The average Bonchev–Trinajstić information content (AvgIpc) is 2.40. The number of hydrogen-bond donors (Lipinski definition) is 2. The van der Waals surface area contributed by atoms with Crippen LogP contribution in [-0.2, 0) is 9.84 Å². The maximum atomic E-state index is 11.4. The molecule has 7 heteroatoms. The fourth-order valence-corrected chi connectivity index (χ4v) is 3.91. The summed E-state index contributed by atoms with van der Waals surface area (Å²) in [4.78, 5) is 0.304. The molecule has 20 heavy (non-hydrogen) atoms. The van der Waals surface area contributed by atoms with Crippen molar-refractivity contribution >= 4 is 32.7 Å². The highest BCUT2D eigenvalue weighted by molar-refractivity contribution is 7.91. The summed E-state index contributed by atoms with van der Waals surface area (Å²) in [6.07, 6.45) is 1.19. The van der Waals surface area contributed by atoms with Crippen LogP contribution in [0.4, 0.5) is 5.69 Å². The summed E-state index contributed by atoms with van der Waals surface area (Å²) >= 11 is 5.03. The van der Waals surface area contributed by atoms with Crippen LogP contribution in [0.2, 0.25) is 0 Å². The molecule has 5 nitrogen and oxygen atoms in total. The van der Waals surface area contributed by atoms with Gasteiger partial charge in [-0.15, -0.1) is 0 Å². The molecule has 1 aromatic rings. The van der Waals surface area contributed by atoms with E-state index < -0.39 is 9.84 Å². The van der Waals surface area contributed by atoms with Crippen molar-refractivity contribution in [1.29, 1.82) is 0 Å². The highest BCUT2D eigenvalue weighted by atomic mass is 32.2. The topological polar surface area (TPSA) is 81.4 Å². The van der Waals surface area contributed by atoms with Crippen molar-refractivity contribution in [3.05, 3.63) is 23.8 Å². The summed E-state index contributed by atoms with van der Waals surface area (Å²) in [5.74, 6) is 1.14.